The Kier molecular flexibility index (Phi) is 2.78. The molecule has 0 bridgehead atoms. The zero-order chi connectivity index (χ0) is 8.27. The first-order valence-corrected chi connectivity index (χ1v) is 4.44. The van der Waals surface area contributed by atoms with Crippen LogP contribution in [0.2, 0.25) is 0 Å². The van der Waals surface area contributed by atoms with Crippen molar-refractivity contribution in [1.29, 1.82) is 0 Å². The highest BCUT2D eigenvalue weighted by atomic mass is 79.9. The van der Waals surface area contributed by atoms with E-state index in [0.717, 1.165) is 3.92 Å². The minimum absolute atomic E-state index is 0.247. The molecule has 0 saturated carbocycles. The van der Waals surface area contributed by atoms with Crippen LogP contribution >= 0.6 is 27.3 Å². The molecule has 58 valence electrons. The van der Waals surface area contributed by atoms with E-state index < -0.39 is 0 Å². The second-order valence-corrected chi connectivity index (χ2v) is 3.81. The molecule has 0 saturated heterocycles. The van der Waals surface area contributed by atoms with E-state index in [2.05, 4.69) is 32.8 Å². The average Bonchev–Trinajstić information content (AvgIpc) is 2.35. The summed E-state index contributed by atoms with van der Waals surface area (Å²) in [5.41, 5.74) is 0. The lowest BCUT2D eigenvalue weighted by molar-refractivity contribution is -0.111. The number of hydrogen-bond donors (Lipinski definition) is 1. The number of rotatable bonds is 2. The summed E-state index contributed by atoms with van der Waals surface area (Å²) in [5, 5.41) is 4.27. The highest BCUT2D eigenvalue weighted by Gasteiger charge is 2.00. The molecule has 1 amide bonds. The molecule has 0 aliphatic carbocycles. The van der Waals surface area contributed by atoms with Gasteiger partial charge in [0.25, 0.3) is 0 Å². The van der Waals surface area contributed by atoms with Crippen LogP contribution in [0.5, 0.6) is 0 Å². The van der Waals surface area contributed by atoms with Crippen molar-refractivity contribution >= 4 is 39.0 Å². The Bertz CT molecular complexity index is 284. The predicted octanol–water partition coefficient (Wildman–Crippen LogP) is 2.03. The van der Waals surface area contributed by atoms with E-state index >= 15 is 0 Å². The number of carbonyl (C=O) groups excluding carboxylic acids is 1. The van der Waals surface area contributed by atoms with Gasteiger partial charge in [0.15, 0.2) is 3.92 Å². The molecular weight excluding hydrogens is 228 g/mol. The Balaban J connectivity index is 2.64. The van der Waals surface area contributed by atoms with Crippen molar-refractivity contribution in [2.75, 3.05) is 5.32 Å². The summed E-state index contributed by atoms with van der Waals surface area (Å²) in [7, 11) is 0. The van der Waals surface area contributed by atoms with Crippen LogP contribution < -0.4 is 5.32 Å². The van der Waals surface area contributed by atoms with E-state index in [1.54, 1.807) is 5.38 Å². The SMILES string of the molecule is C=CC(=O)Nc1csc(Br)n1. The Morgan fingerprint density at radius 3 is 3.09 bits per heavy atom. The Hall–Kier alpha value is -0.680. The standard InChI is InChI=1S/C6H5BrN2OS/c1-2-5(10)8-4-3-11-6(7)9-4/h2-3H,1H2,(H,8,10). The third-order valence-corrected chi connectivity index (χ3v) is 2.28. The van der Waals surface area contributed by atoms with E-state index in [9.17, 15) is 4.79 Å². The van der Waals surface area contributed by atoms with Gasteiger partial charge < -0.3 is 5.32 Å². The molecule has 5 heteroatoms. The predicted molar refractivity (Wildman–Crippen MR) is 48.6 cm³/mol. The molecule has 1 aromatic heterocycles. The Labute approximate surface area is 76.3 Å². The fraction of sp³-hybridized carbons (Fsp3) is 0. The number of thiazole rings is 1. The highest BCUT2D eigenvalue weighted by Crippen LogP contribution is 2.18. The lowest BCUT2D eigenvalue weighted by atomic mass is 10.6. The molecule has 0 aliphatic rings. The first kappa shape index (κ1) is 8.42. The fourth-order valence-corrected chi connectivity index (χ4v) is 1.43. The van der Waals surface area contributed by atoms with Crippen LogP contribution in [0.25, 0.3) is 0 Å². The molecule has 1 N–H and O–H groups in total. The van der Waals surface area contributed by atoms with Crippen molar-refractivity contribution in [3.63, 3.8) is 0 Å². The largest absolute Gasteiger partial charge is 0.306 e. The van der Waals surface area contributed by atoms with Gasteiger partial charge in [-0.2, -0.15) is 0 Å². The number of carbonyl (C=O) groups is 1. The average molecular weight is 233 g/mol. The second kappa shape index (κ2) is 3.64. The highest BCUT2D eigenvalue weighted by molar-refractivity contribution is 9.11. The monoisotopic (exact) mass is 232 g/mol. The summed E-state index contributed by atoms with van der Waals surface area (Å²) in [4.78, 5) is 14.7. The van der Waals surface area contributed by atoms with Crippen molar-refractivity contribution in [2.45, 2.75) is 0 Å². The molecule has 0 spiro atoms. The van der Waals surface area contributed by atoms with Crippen LogP contribution in [-0.2, 0) is 4.79 Å². The van der Waals surface area contributed by atoms with Gasteiger partial charge in [0.05, 0.1) is 0 Å². The topological polar surface area (TPSA) is 42.0 Å². The summed E-state index contributed by atoms with van der Waals surface area (Å²) < 4.78 is 0.747. The lowest BCUT2D eigenvalue weighted by Crippen LogP contribution is -2.07. The van der Waals surface area contributed by atoms with Gasteiger partial charge in [-0.15, -0.1) is 11.3 Å². The van der Waals surface area contributed by atoms with Crippen molar-refractivity contribution in [3.8, 4) is 0 Å². The molecule has 1 rings (SSSR count). The van der Waals surface area contributed by atoms with Gasteiger partial charge >= 0.3 is 0 Å². The molecule has 1 heterocycles. The van der Waals surface area contributed by atoms with E-state index in [0.29, 0.717) is 5.82 Å². The van der Waals surface area contributed by atoms with E-state index in [1.807, 2.05) is 0 Å². The Morgan fingerprint density at radius 1 is 1.91 bits per heavy atom. The molecule has 0 fully saturated rings. The molecule has 0 aromatic carbocycles. The molecule has 11 heavy (non-hydrogen) atoms. The minimum atomic E-state index is -0.247. The van der Waals surface area contributed by atoms with Gasteiger partial charge in [-0.05, 0) is 22.0 Å². The van der Waals surface area contributed by atoms with Crippen LogP contribution in [0.1, 0.15) is 0 Å². The summed E-state index contributed by atoms with van der Waals surface area (Å²) in [6, 6.07) is 0. The van der Waals surface area contributed by atoms with E-state index in [1.165, 1.54) is 17.4 Å². The number of nitrogens with one attached hydrogen (secondary N) is 1. The lowest BCUT2D eigenvalue weighted by Gasteiger charge is -1.92. The summed E-state index contributed by atoms with van der Waals surface area (Å²) >= 11 is 4.59. The van der Waals surface area contributed by atoms with Gasteiger partial charge in [0.2, 0.25) is 5.91 Å². The van der Waals surface area contributed by atoms with Gasteiger partial charge in [-0.25, -0.2) is 4.98 Å². The van der Waals surface area contributed by atoms with Crippen molar-refractivity contribution in [2.24, 2.45) is 0 Å². The quantitative estimate of drug-likeness (QED) is 0.794. The van der Waals surface area contributed by atoms with Crippen LogP contribution in [0, 0.1) is 0 Å². The van der Waals surface area contributed by atoms with Crippen LogP contribution in [0.4, 0.5) is 5.82 Å². The van der Waals surface area contributed by atoms with Gasteiger partial charge in [0, 0.05) is 5.38 Å². The molecule has 0 radical (unpaired) electrons. The molecule has 1 aromatic rings. The maximum absolute atomic E-state index is 10.7. The number of hydrogen-bond acceptors (Lipinski definition) is 3. The first-order chi connectivity index (χ1) is 5.22. The van der Waals surface area contributed by atoms with Gasteiger partial charge in [-0.3, -0.25) is 4.79 Å². The number of anilines is 1. The van der Waals surface area contributed by atoms with Crippen LogP contribution in [0.3, 0.4) is 0 Å². The number of aromatic nitrogens is 1. The number of nitrogens with zero attached hydrogens (tertiary/aromatic N) is 1. The van der Waals surface area contributed by atoms with E-state index in [4.69, 9.17) is 0 Å². The molecule has 0 aliphatic heterocycles. The molecule has 0 unspecified atom stereocenters. The molecular formula is C6H5BrN2OS. The van der Waals surface area contributed by atoms with Crippen LogP contribution in [-0.4, -0.2) is 10.9 Å². The zero-order valence-corrected chi connectivity index (χ0v) is 7.91. The third kappa shape index (κ3) is 2.44. The summed E-state index contributed by atoms with van der Waals surface area (Å²) in [6.45, 7) is 3.32. The molecule has 3 nitrogen and oxygen atoms in total. The van der Waals surface area contributed by atoms with E-state index in [-0.39, 0.29) is 5.91 Å². The first-order valence-electron chi connectivity index (χ1n) is 2.77. The fourth-order valence-electron chi connectivity index (χ4n) is 0.487. The van der Waals surface area contributed by atoms with Crippen LogP contribution in [0.15, 0.2) is 22.0 Å². The summed E-state index contributed by atoms with van der Waals surface area (Å²) in [6.07, 6.45) is 1.20. The zero-order valence-electron chi connectivity index (χ0n) is 5.50. The number of halogens is 1. The smallest absolute Gasteiger partial charge is 0.248 e. The minimum Gasteiger partial charge on any atom is -0.306 e. The maximum Gasteiger partial charge on any atom is 0.248 e. The maximum atomic E-state index is 10.7. The second-order valence-electron chi connectivity index (χ2n) is 1.68. The third-order valence-electron chi connectivity index (χ3n) is 0.913. The normalized spacial score (nSPS) is 9.18. The van der Waals surface area contributed by atoms with Crippen molar-refractivity contribution in [1.82, 2.24) is 4.98 Å². The molecule has 0 atom stereocenters. The van der Waals surface area contributed by atoms with Crippen molar-refractivity contribution in [3.05, 3.63) is 22.0 Å². The van der Waals surface area contributed by atoms with Gasteiger partial charge in [-0.1, -0.05) is 6.58 Å². The number of amides is 1. The van der Waals surface area contributed by atoms with Crippen molar-refractivity contribution < 1.29 is 4.79 Å². The Morgan fingerprint density at radius 2 is 2.64 bits per heavy atom. The summed E-state index contributed by atoms with van der Waals surface area (Å²) in [5.74, 6) is 0.301. The van der Waals surface area contributed by atoms with Gasteiger partial charge in [0.1, 0.15) is 5.82 Å².